The summed E-state index contributed by atoms with van der Waals surface area (Å²) in [4.78, 5) is 0. The van der Waals surface area contributed by atoms with Gasteiger partial charge in [-0.3, -0.25) is 0 Å². The van der Waals surface area contributed by atoms with Gasteiger partial charge in [0.15, 0.2) is 0 Å². The number of alkyl halides is 1. The minimum absolute atomic E-state index is 0.614. The van der Waals surface area contributed by atoms with Gasteiger partial charge in [0.2, 0.25) is 0 Å². The Bertz CT molecular complexity index is 95.0. The highest BCUT2D eigenvalue weighted by atomic mass is 19.1. The molecule has 0 N–H and O–H groups in total. The zero-order valence-electron chi connectivity index (χ0n) is 7.65. The predicted octanol–water partition coefficient (Wildman–Crippen LogP) is 3.87. The van der Waals surface area contributed by atoms with E-state index >= 15 is 0 Å². The van der Waals surface area contributed by atoms with Crippen molar-refractivity contribution in [1.29, 1.82) is 0 Å². The van der Waals surface area contributed by atoms with Gasteiger partial charge in [-0.15, -0.1) is 0 Å². The van der Waals surface area contributed by atoms with Crippen LogP contribution in [-0.2, 0) is 0 Å². The number of hydrogen-bond acceptors (Lipinski definition) is 0. The van der Waals surface area contributed by atoms with E-state index in [9.17, 15) is 4.39 Å². The van der Waals surface area contributed by atoms with E-state index in [0.29, 0.717) is 0 Å². The Hall–Kier alpha value is -0.330. The molecule has 11 heavy (non-hydrogen) atoms. The Kier molecular flexibility index (Phi) is 7.54. The second-order valence-electron chi connectivity index (χ2n) is 2.99. The fourth-order valence-electron chi connectivity index (χ4n) is 1.03. The lowest BCUT2D eigenvalue weighted by atomic mass is 10.1. The van der Waals surface area contributed by atoms with Gasteiger partial charge in [-0.25, -0.2) is 4.39 Å². The van der Waals surface area contributed by atoms with Crippen molar-refractivity contribution in [2.75, 3.05) is 0 Å². The quantitative estimate of drug-likeness (QED) is 0.406. The van der Waals surface area contributed by atoms with Crippen LogP contribution in [0.3, 0.4) is 0 Å². The summed E-state index contributed by atoms with van der Waals surface area (Å²) >= 11 is 0. The van der Waals surface area contributed by atoms with Crippen LogP contribution in [0.15, 0.2) is 12.2 Å². The van der Waals surface area contributed by atoms with Crippen molar-refractivity contribution in [2.24, 2.45) is 0 Å². The lowest BCUT2D eigenvalue weighted by Crippen LogP contribution is -1.90. The third kappa shape index (κ3) is 9.67. The smallest absolute Gasteiger partial charge is 0.0973 e. The van der Waals surface area contributed by atoms with Crippen LogP contribution in [0.1, 0.15) is 46.0 Å². The molecule has 0 fully saturated rings. The normalized spacial score (nSPS) is 14.1. The molecule has 0 aromatic rings. The minimum Gasteiger partial charge on any atom is -0.248 e. The molecule has 0 saturated heterocycles. The minimum atomic E-state index is -0.614. The zero-order chi connectivity index (χ0) is 8.53. The highest BCUT2D eigenvalue weighted by Crippen LogP contribution is 2.07. The Morgan fingerprint density at radius 3 is 2.55 bits per heavy atom. The van der Waals surface area contributed by atoms with Crippen molar-refractivity contribution in [2.45, 2.75) is 52.1 Å². The highest BCUT2D eigenvalue weighted by Gasteiger charge is 1.95. The van der Waals surface area contributed by atoms with Gasteiger partial charge in [-0.05, 0) is 33.1 Å². The number of rotatable bonds is 6. The summed E-state index contributed by atoms with van der Waals surface area (Å²) in [6, 6.07) is 0. The first-order chi connectivity index (χ1) is 5.27. The molecule has 1 heteroatoms. The molecular weight excluding hydrogens is 139 g/mol. The van der Waals surface area contributed by atoms with Crippen molar-refractivity contribution < 1.29 is 4.39 Å². The van der Waals surface area contributed by atoms with Crippen LogP contribution in [0.4, 0.5) is 4.39 Å². The summed E-state index contributed by atoms with van der Waals surface area (Å²) in [6.07, 6.45) is 8.91. The van der Waals surface area contributed by atoms with Crippen molar-refractivity contribution in [3.8, 4) is 0 Å². The van der Waals surface area contributed by atoms with Gasteiger partial charge in [-0.2, -0.15) is 0 Å². The summed E-state index contributed by atoms with van der Waals surface area (Å²) in [5.74, 6) is 0. The standard InChI is InChI=1S/C10H19F/c1-3-4-5-6-7-8-9-10(2)11/h3-4,10H,5-9H2,1-2H3/b4-3+. The topological polar surface area (TPSA) is 0 Å². The van der Waals surface area contributed by atoms with Crippen LogP contribution >= 0.6 is 0 Å². The summed E-state index contributed by atoms with van der Waals surface area (Å²) < 4.78 is 12.3. The summed E-state index contributed by atoms with van der Waals surface area (Å²) in [5, 5.41) is 0. The number of halogens is 1. The van der Waals surface area contributed by atoms with Crippen LogP contribution in [0, 0.1) is 0 Å². The Labute approximate surface area is 69.5 Å². The van der Waals surface area contributed by atoms with E-state index in [2.05, 4.69) is 12.2 Å². The molecule has 0 rings (SSSR count). The molecule has 0 nitrogen and oxygen atoms in total. The van der Waals surface area contributed by atoms with Gasteiger partial charge < -0.3 is 0 Å². The second kappa shape index (κ2) is 7.77. The molecule has 0 aromatic heterocycles. The number of allylic oxidation sites excluding steroid dienone is 2. The predicted molar refractivity (Wildman–Crippen MR) is 48.5 cm³/mol. The molecule has 66 valence electrons. The van der Waals surface area contributed by atoms with E-state index < -0.39 is 6.17 Å². The fourth-order valence-corrected chi connectivity index (χ4v) is 1.03. The Morgan fingerprint density at radius 1 is 1.27 bits per heavy atom. The van der Waals surface area contributed by atoms with E-state index in [-0.39, 0.29) is 0 Å². The van der Waals surface area contributed by atoms with Crippen molar-refractivity contribution in [1.82, 2.24) is 0 Å². The fraction of sp³-hybridized carbons (Fsp3) is 0.800. The maximum absolute atomic E-state index is 12.3. The van der Waals surface area contributed by atoms with E-state index in [4.69, 9.17) is 0 Å². The molecule has 0 aliphatic heterocycles. The summed E-state index contributed by atoms with van der Waals surface area (Å²) in [5.41, 5.74) is 0. The molecule has 0 spiro atoms. The summed E-state index contributed by atoms with van der Waals surface area (Å²) in [7, 11) is 0. The lowest BCUT2D eigenvalue weighted by molar-refractivity contribution is 0.330. The van der Waals surface area contributed by atoms with E-state index in [1.807, 2.05) is 6.92 Å². The van der Waals surface area contributed by atoms with Crippen LogP contribution in [-0.4, -0.2) is 6.17 Å². The van der Waals surface area contributed by atoms with Crippen LogP contribution in [0.5, 0.6) is 0 Å². The largest absolute Gasteiger partial charge is 0.248 e. The van der Waals surface area contributed by atoms with Gasteiger partial charge >= 0.3 is 0 Å². The first-order valence-electron chi connectivity index (χ1n) is 4.52. The van der Waals surface area contributed by atoms with Crippen LogP contribution < -0.4 is 0 Å². The SMILES string of the molecule is C/C=C/CCCCCC(C)F. The monoisotopic (exact) mass is 158 g/mol. The van der Waals surface area contributed by atoms with Gasteiger partial charge in [-0.1, -0.05) is 25.0 Å². The lowest BCUT2D eigenvalue weighted by Gasteiger charge is -1.99. The molecule has 0 aliphatic carbocycles. The van der Waals surface area contributed by atoms with Gasteiger partial charge in [0, 0.05) is 0 Å². The second-order valence-corrected chi connectivity index (χ2v) is 2.99. The molecule has 0 heterocycles. The van der Waals surface area contributed by atoms with Crippen LogP contribution in [0.2, 0.25) is 0 Å². The molecule has 1 atom stereocenters. The van der Waals surface area contributed by atoms with E-state index in [0.717, 1.165) is 19.3 Å². The highest BCUT2D eigenvalue weighted by molar-refractivity contribution is 4.76. The van der Waals surface area contributed by atoms with E-state index in [1.54, 1.807) is 6.92 Å². The molecule has 0 radical (unpaired) electrons. The van der Waals surface area contributed by atoms with Gasteiger partial charge in [0.1, 0.15) is 0 Å². The molecule has 0 bridgehead atoms. The first-order valence-corrected chi connectivity index (χ1v) is 4.52. The summed E-state index contributed by atoms with van der Waals surface area (Å²) in [6.45, 7) is 3.66. The molecule has 0 aromatic carbocycles. The maximum Gasteiger partial charge on any atom is 0.0973 e. The van der Waals surface area contributed by atoms with Crippen molar-refractivity contribution >= 4 is 0 Å². The van der Waals surface area contributed by atoms with Gasteiger partial charge in [0.25, 0.3) is 0 Å². The average Bonchev–Trinajstić information content (AvgIpc) is 1.96. The van der Waals surface area contributed by atoms with Crippen LogP contribution in [0.25, 0.3) is 0 Å². The number of unbranched alkanes of at least 4 members (excludes halogenated alkanes) is 3. The zero-order valence-corrected chi connectivity index (χ0v) is 7.65. The Balaban J connectivity index is 2.91. The first kappa shape index (κ1) is 10.7. The molecule has 0 amide bonds. The molecule has 0 saturated carbocycles. The van der Waals surface area contributed by atoms with Gasteiger partial charge in [0.05, 0.1) is 6.17 Å². The van der Waals surface area contributed by atoms with E-state index in [1.165, 1.54) is 12.8 Å². The number of hydrogen-bond donors (Lipinski definition) is 0. The van der Waals surface area contributed by atoms with Crippen molar-refractivity contribution in [3.05, 3.63) is 12.2 Å². The maximum atomic E-state index is 12.3. The third-order valence-corrected chi connectivity index (χ3v) is 1.71. The third-order valence-electron chi connectivity index (χ3n) is 1.71. The Morgan fingerprint density at radius 2 is 2.00 bits per heavy atom. The van der Waals surface area contributed by atoms with Crippen molar-refractivity contribution in [3.63, 3.8) is 0 Å². The molecular formula is C10H19F. The molecule has 1 unspecified atom stereocenters. The molecule has 0 aliphatic rings. The average molecular weight is 158 g/mol.